The van der Waals surface area contributed by atoms with Crippen LogP contribution in [0.1, 0.15) is 6.92 Å². The fourth-order valence-electron chi connectivity index (χ4n) is 0.0552. The zero-order valence-corrected chi connectivity index (χ0v) is 4.77. The Morgan fingerprint density at radius 2 is 2.43 bits per heavy atom. The lowest BCUT2D eigenvalue weighted by Crippen LogP contribution is -2.26. The predicted octanol–water partition coefficient (Wildman–Crippen LogP) is -0.106. The number of nitrogens with one attached hydrogen (secondary N) is 1. The maximum atomic E-state index is 9.82. The molecule has 7 heavy (non-hydrogen) atoms. The zero-order valence-electron chi connectivity index (χ0n) is 3.88. The van der Waals surface area contributed by atoms with Gasteiger partial charge in [0.2, 0.25) is 0 Å². The molecule has 0 aromatic rings. The molecule has 42 valence electrons. The van der Waals surface area contributed by atoms with Crippen LogP contribution in [0.3, 0.4) is 0 Å². The summed E-state index contributed by atoms with van der Waals surface area (Å²) >= 11 is 3.52. The quantitative estimate of drug-likeness (QED) is 0.447. The van der Waals surface area contributed by atoms with Crippen LogP contribution in [0.5, 0.6) is 0 Å². The van der Waals surface area contributed by atoms with E-state index in [0.29, 0.717) is 0 Å². The molecule has 4 heteroatoms. The van der Waals surface area contributed by atoms with Crippen molar-refractivity contribution in [3.63, 3.8) is 0 Å². The molecule has 0 bridgehead atoms. The van der Waals surface area contributed by atoms with Gasteiger partial charge in [-0.15, -0.1) is 0 Å². The summed E-state index contributed by atoms with van der Waals surface area (Å²) in [6, 6.07) is -0.566. The lowest BCUT2D eigenvalue weighted by molar-refractivity contribution is -0.138. The Hall–Kier alpha value is -0.220. The molecule has 2 N–H and O–H groups in total. The van der Waals surface area contributed by atoms with Crippen LogP contribution in [0.4, 0.5) is 0 Å². The van der Waals surface area contributed by atoms with E-state index in [4.69, 9.17) is 5.11 Å². The number of carboxylic acids is 1. The molecule has 3 nitrogen and oxygen atoms in total. The van der Waals surface area contributed by atoms with Crippen molar-refractivity contribution < 1.29 is 9.90 Å². The standard InChI is InChI=1S/C3H7NO2S/c1-2(4-7)3(5)6/h2,4,7H,1H3,(H,5,6). The molecule has 0 aliphatic heterocycles. The molecule has 0 heterocycles. The molecule has 0 aromatic heterocycles. The molecular formula is C3H7NO2S. The van der Waals surface area contributed by atoms with Crippen LogP contribution in [0.25, 0.3) is 0 Å². The number of carboxylic acid groups (broad SMARTS) is 1. The van der Waals surface area contributed by atoms with Gasteiger partial charge >= 0.3 is 5.97 Å². The van der Waals surface area contributed by atoms with E-state index in [9.17, 15) is 4.79 Å². The van der Waals surface area contributed by atoms with Gasteiger partial charge in [0.05, 0.1) is 0 Å². The van der Waals surface area contributed by atoms with Gasteiger partial charge in [-0.05, 0) is 6.92 Å². The van der Waals surface area contributed by atoms with E-state index in [1.807, 2.05) is 0 Å². The normalized spacial score (nSPS) is 13.4. The SMILES string of the molecule is CC(NS)C(=O)O. The van der Waals surface area contributed by atoms with E-state index < -0.39 is 12.0 Å². The highest BCUT2D eigenvalue weighted by molar-refractivity contribution is 7.78. The van der Waals surface area contributed by atoms with Crippen LogP contribution in [0.2, 0.25) is 0 Å². The molecular weight excluding hydrogens is 114 g/mol. The Labute approximate surface area is 47.3 Å². The van der Waals surface area contributed by atoms with Gasteiger partial charge in [-0.25, -0.2) is 0 Å². The van der Waals surface area contributed by atoms with Crippen LogP contribution < -0.4 is 4.72 Å². The van der Waals surface area contributed by atoms with E-state index in [1.54, 1.807) is 0 Å². The summed E-state index contributed by atoms with van der Waals surface area (Å²) in [6.45, 7) is 1.51. The smallest absolute Gasteiger partial charge is 0.321 e. The maximum Gasteiger partial charge on any atom is 0.321 e. The first kappa shape index (κ1) is 6.78. The number of rotatable bonds is 2. The Bertz CT molecular complexity index is 75.3. The van der Waals surface area contributed by atoms with Gasteiger partial charge in [0.1, 0.15) is 6.04 Å². The molecule has 0 fully saturated rings. The van der Waals surface area contributed by atoms with E-state index >= 15 is 0 Å². The van der Waals surface area contributed by atoms with Crippen molar-refractivity contribution in [3.8, 4) is 0 Å². The maximum absolute atomic E-state index is 9.82. The van der Waals surface area contributed by atoms with Crippen molar-refractivity contribution in [2.45, 2.75) is 13.0 Å². The average Bonchev–Trinajstić information content (AvgIpc) is 1.65. The summed E-state index contributed by atoms with van der Waals surface area (Å²) in [6.07, 6.45) is 0. The fraction of sp³-hybridized carbons (Fsp3) is 0.667. The summed E-state index contributed by atoms with van der Waals surface area (Å²) in [4.78, 5) is 9.82. The number of hydrogen-bond acceptors (Lipinski definition) is 3. The number of aliphatic carboxylic acids is 1. The summed E-state index contributed by atoms with van der Waals surface area (Å²) in [7, 11) is 0. The first-order chi connectivity index (χ1) is 3.18. The second-order valence-electron chi connectivity index (χ2n) is 1.19. The minimum atomic E-state index is -0.894. The molecule has 1 unspecified atom stereocenters. The lowest BCUT2D eigenvalue weighted by atomic mass is 10.4. The van der Waals surface area contributed by atoms with Crippen molar-refractivity contribution >= 4 is 18.8 Å². The zero-order chi connectivity index (χ0) is 5.86. The third-order valence-corrected chi connectivity index (χ3v) is 0.951. The van der Waals surface area contributed by atoms with Crippen molar-refractivity contribution in [2.24, 2.45) is 0 Å². The van der Waals surface area contributed by atoms with E-state index in [-0.39, 0.29) is 0 Å². The summed E-state index contributed by atoms with van der Waals surface area (Å²) in [5.41, 5.74) is 0. The molecule has 0 rings (SSSR count). The molecule has 0 amide bonds. The van der Waals surface area contributed by atoms with Crippen molar-refractivity contribution in [2.75, 3.05) is 0 Å². The average molecular weight is 121 g/mol. The predicted molar refractivity (Wildman–Crippen MR) is 29.2 cm³/mol. The molecule has 0 saturated carbocycles. The van der Waals surface area contributed by atoms with Gasteiger partial charge < -0.3 is 5.11 Å². The van der Waals surface area contributed by atoms with Crippen LogP contribution >= 0.6 is 12.8 Å². The molecule has 0 aliphatic carbocycles. The minimum absolute atomic E-state index is 0.566. The van der Waals surface area contributed by atoms with Gasteiger partial charge in [0.25, 0.3) is 0 Å². The number of carbonyl (C=O) groups is 1. The highest BCUT2D eigenvalue weighted by Gasteiger charge is 2.04. The Kier molecular flexibility index (Phi) is 2.78. The molecule has 0 spiro atoms. The molecule has 0 aliphatic rings. The second-order valence-corrected chi connectivity index (χ2v) is 1.45. The Morgan fingerprint density at radius 3 is 2.43 bits per heavy atom. The van der Waals surface area contributed by atoms with Gasteiger partial charge in [-0.3, -0.25) is 9.52 Å². The van der Waals surface area contributed by atoms with Crippen LogP contribution in [-0.4, -0.2) is 17.1 Å². The molecule has 0 saturated heterocycles. The monoisotopic (exact) mass is 121 g/mol. The Morgan fingerprint density at radius 1 is 2.00 bits per heavy atom. The largest absolute Gasteiger partial charge is 0.480 e. The van der Waals surface area contributed by atoms with Crippen LogP contribution in [-0.2, 0) is 4.79 Å². The fourth-order valence-corrected chi connectivity index (χ4v) is 0.166. The summed E-state index contributed by atoms with van der Waals surface area (Å²) in [5.74, 6) is -0.894. The van der Waals surface area contributed by atoms with E-state index in [2.05, 4.69) is 17.5 Å². The minimum Gasteiger partial charge on any atom is -0.480 e. The number of hydrogen-bond donors (Lipinski definition) is 3. The summed E-state index contributed by atoms with van der Waals surface area (Å²) < 4.78 is 2.26. The first-order valence-electron chi connectivity index (χ1n) is 1.81. The van der Waals surface area contributed by atoms with Gasteiger partial charge in [-0.1, -0.05) is 12.8 Å². The highest BCUT2D eigenvalue weighted by Crippen LogP contribution is 1.79. The topological polar surface area (TPSA) is 49.3 Å². The third kappa shape index (κ3) is 2.47. The highest BCUT2D eigenvalue weighted by atomic mass is 32.1. The van der Waals surface area contributed by atoms with Crippen molar-refractivity contribution in [3.05, 3.63) is 0 Å². The molecule has 1 atom stereocenters. The van der Waals surface area contributed by atoms with E-state index in [0.717, 1.165) is 0 Å². The first-order valence-corrected chi connectivity index (χ1v) is 2.25. The third-order valence-electron chi connectivity index (χ3n) is 0.564. The van der Waals surface area contributed by atoms with Gasteiger partial charge in [0.15, 0.2) is 0 Å². The molecule has 0 radical (unpaired) electrons. The van der Waals surface area contributed by atoms with E-state index in [1.165, 1.54) is 6.92 Å². The Balaban J connectivity index is 3.34. The number of thiol groups is 1. The van der Waals surface area contributed by atoms with Gasteiger partial charge in [-0.2, -0.15) is 0 Å². The van der Waals surface area contributed by atoms with Gasteiger partial charge in [0, 0.05) is 0 Å². The summed E-state index contributed by atoms with van der Waals surface area (Å²) in [5, 5.41) is 8.07. The van der Waals surface area contributed by atoms with Crippen molar-refractivity contribution in [1.29, 1.82) is 0 Å². The van der Waals surface area contributed by atoms with Crippen LogP contribution in [0.15, 0.2) is 0 Å². The van der Waals surface area contributed by atoms with Crippen molar-refractivity contribution in [1.82, 2.24) is 4.72 Å². The lowest BCUT2D eigenvalue weighted by Gasteiger charge is -1.98. The van der Waals surface area contributed by atoms with Crippen LogP contribution in [0, 0.1) is 0 Å². The second kappa shape index (κ2) is 2.87. The molecule has 0 aromatic carbocycles.